The molecule has 0 heterocycles. The highest BCUT2D eigenvalue weighted by Gasteiger charge is 2.12. The van der Waals surface area contributed by atoms with Crippen molar-refractivity contribution in [3.05, 3.63) is 88.4 Å². The van der Waals surface area contributed by atoms with Gasteiger partial charge in [-0.3, -0.25) is 4.79 Å². The summed E-state index contributed by atoms with van der Waals surface area (Å²) < 4.78 is 16.5. The molecular weight excluding hydrogens is 416 g/mol. The summed E-state index contributed by atoms with van der Waals surface area (Å²) in [6.07, 6.45) is 0. The topological polar surface area (TPSA) is 80.6 Å². The van der Waals surface area contributed by atoms with E-state index in [0.29, 0.717) is 41.0 Å². The summed E-state index contributed by atoms with van der Waals surface area (Å²) in [7, 11) is 1.53. The van der Waals surface area contributed by atoms with Crippen LogP contribution in [0.4, 0.5) is 0 Å². The monoisotopic (exact) mass is 436 g/mol. The third kappa shape index (κ3) is 6.39. The molecule has 0 fully saturated rings. The zero-order valence-electron chi connectivity index (χ0n) is 16.9. The SMILES string of the molecule is COc1cc(C(=O)NCc2cccc(OCC#N)c2)ccc1OCc1ccc(Cl)cc1. The molecule has 0 saturated carbocycles. The summed E-state index contributed by atoms with van der Waals surface area (Å²) >= 11 is 5.90. The van der Waals surface area contributed by atoms with Crippen molar-refractivity contribution in [1.82, 2.24) is 5.32 Å². The summed E-state index contributed by atoms with van der Waals surface area (Å²) in [5.74, 6) is 1.34. The van der Waals surface area contributed by atoms with Gasteiger partial charge in [-0.2, -0.15) is 5.26 Å². The predicted molar refractivity (Wildman–Crippen MR) is 117 cm³/mol. The molecule has 1 amide bonds. The zero-order chi connectivity index (χ0) is 22.1. The Kier molecular flexibility index (Phi) is 7.74. The molecule has 0 atom stereocenters. The second-order valence-electron chi connectivity index (χ2n) is 6.56. The second-order valence-corrected chi connectivity index (χ2v) is 6.99. The summed E-state index contributed by atoms with van der Waals surface area (Å²) in [6, 6.07) is 21.5. The van der Waals surface area contributed by atoms with Crippen LogP contribution in [0.1, 0.15) is 21.5 Å². The first-order valence-electron chi connectivity index (χ1n) is 9.51. The molecule has 0 aliphatic rings. The number of nitriles is 1. The molecule has 0 aliphatic carbocycles. The van der Waals surface area contributed by atoms with E-state index in [-0.39, 0.29) is 12.5 Å². The quantitative estimate of drug-likeness (QED) is 0.523. The number of carbonyl (C=O) groups excluding carboxylic acids is 1. The van der Waals surface area contributed by atoms with E-state index in [0.717, 1.165) is 11.1 Å². The van der Waals surface area contributed by atoms with Gasteiger partial charge in [-0.25, -0.2) is 0 Å². The van der Waals surface area contributed by atoms with Crippen molar-refractivity contribution in [1.29, 1.82) is 5.26 Å². The summed E-state index contributed by atoms with van der Waals surface area (Å²) in [5.41, 5.74) is 2.28. The lowest BCUT2D eigenvalue weighted by atomic mass is 10.1. The maximum absolute atomic E-state index is 12.6. The van der Waals surface area contributed by atoms with Crippen LogP contribution in [0.15, 0.2) is 66.7 Å². The van der Waals surface area contributed by atoms with E-state index < -0.39 is 0 Å². The number of nitrogens with zero attached hydrogens (tertiary/aromatic N) is 1. The zero-order valence-corrected chi connectivity index (χ0v) is 17.7. The van der Waals surface area contributed by atoms with Gasteiger partial charge in [0.25, 0.3) is 5.91 Å². The molecule has 158 valence electrons. The van der Waals surface area contributed by atoms with Crippen molar-refractivity contribution in [2.24, 2.45) is 0 Å². The number of hydrogen-bond donors (Lipinski definition) is 1. The van der Waals surface area contributed by atoms with Gasteiger partial charge in [-0.1, -0.05) is 35.9 Å². The molecule has 0 saturated heterocycles. The Bertz CT molecular complexity index is 1080. The first-order chi connectivity index (χ1) is 15.1. The molecule has 31 heavy (non-hydrogen) atoms. The molecule has 3 aromatic carbocycles. The molecule has 7 heteroatoms. The van der Waals surface area contributed by atoms with Crippen LogP contribution in [0.25, 0.3) is 0 Å². The van der Waals surface area contributed by atoms with Gasteiger partial charge in [0.05, 0.1) is 7.11 Å². The number of methoxy groups -OCH3 is 1. The second kappa shape index (κ2) is 10.9. The van der Waals surface area contributed by atoms with Gasteiger partial charge in [0.15, 0.2) is 18.1 Å². The average Bonchev–Trinajstić information content (AvgIpc) is 2.81. The summed E-state index contributed by atoms with van der Waals surface area (Å²) in [4.78, 5) is 12.6. The lowest BCUT2D eigenvalue weighted by Crippen LogP contribution is -2.22. The lowest BCUT2D eigenvalue weighted by molar-refractivity contribution is 0.0950. The Morgan fingerprint density at radius 3 is 2.55 bits per heavy atom. The minimum atomic E-state index is -0.245. The Labute approximate surface area is 185 Å². The van der Waals surface area contributed by atoms with Crippen LogP contribution in [0.3, 0.4) is 0 Å². The van der Waals surface area contributed by atoms with Gasteiger partial charge in [0.2, 0.25) is 0 Å². The van der Waals surface area contributed by atoms with Gasteiger partial charge in [0, 0.05) is 17.1 Å². The summed E-state index contributed by atoms with van der Waals surface area (Å²) in [5, 5.41) is 12.1. The van der Waals surface area contributed by atoms with Gasteiger partial charge < -0.3 is 19.5 Å². The molecule has 0 aromatic heterocycles. The number of ether oxygens (including phenoxy) is 3. The standard InChI is InChI=1S/C24H21ClN2O4/c1-29-23-14-19(7-10-22(23)31-16-17-5-8-20(25)9-6-17)24(28)27-15-18-3-2-4-21(13-18)30-12-11-26/h2-10,13-14H,12,15-16H2,1H3,(H,27,28). The number of amides is 1. The van der Waals surface area contributed by atoms with Crippen LogP contribution in [0.5, 0.6) is 17.2 Å². The molecule has 0 unspecified atom stereocenters. The molecule has 3 aromatic rings. The van der Waals surface area contributed by atoms with Gasteiger partial charge >= 0.3 is 0 Å². The van der Waals surface area contributed by atoms with Crippen molar-refractivity contribution >= 4 is 17.5 Å². The summed E-state index contributed by atoms with van der Waals surface area (Å²) in [6.45, 7) is 0.644. The van der Waals surface area contributed by atoms with Crippen molar-refractivity contribution in [2.45, 2.75) is 13.2 Å². The van der Waals surface area contributed by atoms with E-state index in [1.165, 1.54) is 7.11 Å². The van der Waals surface area contributed by atoms with Crippen molar-refractivity contribution in [3.63, 3.8) is 0 Å². The minimum absolute atomic E-state index is 0.0257. The number of carbonyl (C=O) groups is 1. The number of rotatable bonds is 9. The van der Waals surface area contributed by atoms with E-state index in [4.69, 9.17) is 31.1 Å². The molecule has 0 aliphatic heterocycles. The van der Waals surface area contributed by atoms with Crippen LogP contribution in [-0.2, 0) is 13.2 Å². The molecule has 6 nitrogen and oxygen atoms in total. The Morgan fingerprint density at radius 1 is 1.00 bits per heavy atom. The normalized spacial score (nSPS) is 10.1. The van der Waals surface area contributed by atoms with Crippen molar-refractivity contribution < 1.29 is 19.0 Å². The molecule has 0 radical (unpaired) electrons. The average molecular weight is 437 g/mol. The third-order valence-corrected chi connectivity index (χ3v) is 4.64. The first-order valence-corrected chi connectivity index (χ1v) is 9.89. The number of hydrogen-bond acceptors (Lipinski definition) is 5. The largest absolute Gasteiger partial charge is 0.493 e. The van der Waals surface area contributed by atoms with Crippen molar-refractivity contribution in [2.75, 3.05) is 13.7 Å². The Balaban J connectivity index is 1.61. The van der Waals surface area contributed by atoms with Crippen LogP contribution in [0.2, 0.25) is 5.02 Å². The Morgan fingerprint density at radius 2 is 1.81 bits per heavy atom. The third-order valence-electron chi connectivity index (χ3n) is 4.39. The highest BCUT2D eigenvalue weighted by molar-refractivity contribution is 6.30. The lowest BCUT2D eigenvalue weighted by Gasteiger charge is -2.13. The van der Waals surface area contributed by atoms with Gasteiger partial charge in [-0.15, -0.1) is 0 Å². The fraction of sp³-hybridized carbons (Fsp3) is 0.167. The molecule has 3 rings (SSSR count). The van der Waals surface area contributed by atoms with Crippen LogP contribution in [0, 0.1) is 11.3 Å². The van der Waals surface area contributed by atoms with E-state index >= 15 is 0 Å². The van der Waals surface area contributed by atoms with Crippen molar-refractivity contribution in [3.8, 4) is 23.3 Å². The molecule has 0 bridgehead atoms. The minimum Gasteiger partial charge on any atom is -0.493 e. The fourth-order valence-electron chi connectivity index (χ4n) is 2.82. The Hall–Kier alpha value is -3.69. The highest BCUT2D eigenvalue weighted by Crippen LogP contribution is 2.29. The smallest absolute Gasteiger partial charge is 0.251 e. The molecule has 0 spiro atoms. The number of halogens is 1. The van der Waals surface area contributed by atoms with Crippen LogP contribution < -0.4 is 19.5 Å². The highest BCUT2D eigenvalue weighted by atomic mass is 35.5. The van der Waals surface area contributed by atoms with Gasteiger partial charge in [-0.05, 0) is 53.6 Å². The van der Waals surface area contributed by atoms with E-state index in [1.54, 1.807) is 42.5 Å². The van der Waals surface area contributed by atoms with E-state index in [1.807, 2.05) is 30.3 Å². The maximum Gasteiger partial charge on any atom is 0.251 e. The number of nitrogens with one attached hydrogen (secondary N) is 1. The fourth-order valence-corrected chi connectivity index (χ4v) is 2.94. The van der Waals surface area contributed by atoms with E-state index in [9.17, 15) is 4.79 Å². The predicted octanol–water partition coefficient (Wildman–Crippen LogP) is 4.76. The molecular formula is C24H21ClN2O4. The van der Waals surface area contributed by atoms with Crippen LogP contribution >= 0.6 is 11.6 Å². The maximum atomic E-state index is 12.6. The van der Waals surface area contributed by atoms with Crippen LogP contribution in [-0.4, -0.2) is 19.6 Å². The van der Waals surface area contributed by atoms with E-state index in [2.05, 4.69) is 5.32 Å². The first kappa shape index (κ1) is 22.0. The number of benzene rings is 3. The molecule has 1 N–H and O–H groups in total. The van der Waals surface area contributed by atoms with Gasteiger partial charge in [0.1, 0.15) is 18.4 Å².